The molecular formula is C11H14N4S2. The van der Waals surface area contributed by atoms with Gasteiger partial charge >= 0.3 is 0 Å². The third kappa shape index (κ3) is 3.41. The van der Waals surface area contributed by atoms with Crippen LogP contribution in [0.2, 0.25) is 0 Å². The Kier molecular flexibility index (Phi) is 4.33. The smallest absolute Gasteiger partial charge is 0.151 e. The summed E-state index contributed by atoms with van der Waals surface area (Å²) in [5, 5.41) is 12.4. The lowest BCUT2D eigenvalue weighted by Crippen LogP contribution is -2.21. The Morgan fingerprint density at radius 3 is 2.82 bits per heavy atom. The minimum Gasteiger partial charge on any atom is -0.358 e. The number of hydrogen-bond donors (Lipinski definition) is 0. The van der Waals surface area contributed by atoms with Crippen molar-refractivity contribution in [1.82, 2.24) is 15.2 Å². The van der Waals surface area contributed by atoms with E-state index in [2.05, 4.69) is 20.1 Å². The van der Waals surface area contributed by atoms with Crippen molar-refractivity contribution in [2.75, 3.05) is 24.7 Å². The van der Waals surface area contributed by atoms with Crippen LogP contribution < -0.4 is 4.90 Å². The van der Waals surface area contributed by atoms with Crippen molar-refractivity contribution in [1.29, 1.82) is 0 Å². The fourth-order valence-corrected chi connectivity index (χ4v) is 2.32. The largest absolute Gasteiger partial charge is 0.358 e. The second-order valence-corrected chi connectivity index (χ2v) is 5.34. The molecular weight excluding hydrogens is 252 g/mol. The Labute approximate surface area is 109 Å². The molecule has 0 fully saturated rings. The van der Waals surface area contributed by atoms with Crippen molar-refractivity contribution in [3.63, 3.8) is 0 Å². The van der Waals surface area contributed by atoms with Gasteiger partial charge in [0.2, 0.25) is 0 Å². The first-order valence-electron chi connectivity index (χ1n) is 5.27. The minimum absolute atomic E-state index is 0.902. The molecule has 0 radical (unpaired) electrons. The van der Waals surface area contributed by atoms with Gasteiger partial charge in [-0.25, -0.2) is 4.98 Å². The van der Waals surface area contributed by atoms with Gasteiger partial charge in [-0.2, -0.15) is 0 Å². The average molecular weight is 266 g/mol. The third-order valence-electron chi connectivity index (χ3n) is 2.37. The first-order valence-corrected chi connectivity index (χ1v) is 7.37. The number of hydrogen-bond acceptors (Lipinski definition) is 6. The van der Waals surface area contributed by atoms with Crippen molar-refractivity contribution in [3.05, 3.63) is 28.7 Å². The SMILES string of the molecule is CSc1ccc(N(C)CCc2nccs2)nn1. The maximum absolute atomic E-state index is 4.26. The lowest BCUT2D eigenvalue weighted by Gasteiger charge is -2.16. The highest BCUT2D eigenvalue weighted by molar-refractivity contribution is 7.98. The molecule has 0 aliphatic carbocycles. The summed E-state index contributed by atoms with van der Waals surface area (Å²) in [7, 11) is 2.02. The van der Waals surface area contributed by atoms with Gasteiger partial charge in [0.05, 0.1) is 5.01 Å². The van der Waals surface area contributed by atoms with Gasteiger partial charge in [-0.3, -0.25) is 0 Å². The topological polar surface area (TPSA) is 41.9 Å². The molecule has 0 N–H and O–H groups in total. The van der Waals surface area contributed by atoms with Crippen LogP contribution >= 0.6 is 23.1 Å². The van der Waals surface area contributed by atoms with Gasteiger partial charge < -0.3 is 4.90 Å². The number of aromatic nitrogens is 3. The van der Waals surface area contributed by atoms with E-state index in [0.29, 0.717) is 0 Å². The van der Waals surface area contributed by atoms with Crippen molar-refractivity contribution < 1.29 is 0 Å². The zero-order chi connectivity index (χ0) is 12.1. The van der Waals surface area contributed by atoms with Crippen LogP contribution in [0.5, 0.6) is 0 Å². The maximum Gasteiger partial charge on any atom is 0.151 e. The molecule has 2 aromatic heterocycles. The van der Waals surface area contributed by atoms with Gasteiger partial charge in [0, 0.05) is 31.6 Å². The number of likely N-dealkylation sites (N-methyl/N-ethyl adjacent to an activating group) is 1. The van der Waals surface area contributed by atoms with E-state index >= 15 is 0 Å². The Balaban J connectivity index is 1.92. The molecule has 0 aromatic carbocycles. The summed E-state index contributed by atoms with van der Waals surface area (Å²) in [5.74, 6) is 0.902. The molecule has 4 nitrogen and oxygen atoms in total. The molecule has 0 atom stereocenters. The zero-order valence-electron chi connectivity index (χ0n) is 9.83. The van der Waals surface area contributed by atoms with Crippen LogP contribution in [0.25, 0.3) is 0 Å². The minimum atomic E-state index is 0.902. The van der Waals surface area contributed by atoms with E-state index in [1.165, 1.54) is 0 Å². The van der Waals surface area contributed by atoms with E-state index < -0.39 is 0 Å². The first-order chi connectivity index (χ1) is 8.29. The average Bonchev–Trinajstić information content (AvgIpc) is 2.89. The van der Waals surface area contributed by atoms with Crippen LogP contribution in [0.3, 0.4) is 0 Å². The van der Waals surface area contributed by atoms with Gasteiger partial charge in [0.15, 0.2) is 5.82 Å². The van der Waals surface area contributed by atoms with Gasteiger partial charge in [-0.15, -0.1) is 33.3 Å². The summed E-state index contributed by atoms with van der Waals surface area (Å²) in [4.78, 5) is 6.36. The normalized spacial score (nSPS) is 10.5. The summed E-state index contributed by atoms with van der Waals surface area (Å²) in [6.07, 6.45) is 4.78. The molecule has 0 unspecified atom stereocenters. The van der Waals surface area contributed by atoms with E-state index in [9.17, 15) is 0 Å². The Hall–Kier alpha value is -1.14. The van der Waals surface area contributed by atoms with Gasteiger partial charge in [0.25, 0.3) is 0 Å². The molecule has 0 spiro atoms. The second kappa shape index (κ2) is 5.97. The monoisotopic (exact) mass is 266 g/mol. The molecule has 90 valence electrons. The molecule has 2 aromatic rings. The van der Waals surface area contributed by atoms with Crippen molar-refractivity contribution in [2.45, 2.75) is 11.4 Å². The van der Waals surface area contributed by atoms with Crippen molar-refractivity contribution in [3.8, 4) is 0 Å². The van der Waals surface area contributed by atoms with Gasteiger partial charge in [0.1, 0.15) is 5.03 Å². The lowest BCUT2D eigenvalue weighted by molar-refractivity contribution is 0.818. The van der Waals surface area contributed by atoms with Crippen LogP contribution in [-0.2, 0) is 6.42 Å². The Bertz CT molecular complexity index is 441. The molecule has 0 amide bonds. The molecule has 0 bridgehead atoms. The fourth-order valence-electron chi connectivity index (χ4n) is 1.38. The van der Waals surface area contributed by atoms with E-state index in [4.69, 9.17) is 0 Å². The molecule has 0 aliphatic rings. The van der Waals surface area contributed by atoms with Crippen LogP contribution in [0, 0.1) is 0 Å². The highest BCUT2D eigenvalue weighted by Gasteiger charge is 2.04. The molecule has 17 heavy (non-hydrogen) atoms. The predicted molar refractivity (Wildman–Crippen MR) is 72.9 cm³/mol. The van der Waals surface area contributed by atoms with E-state index in [1.807, 2.05) is 37.0 Å². The highest BCUT2D eigenvalue weighted by Crippen LogP contribution is 2.14. The number of thiazole rings is 1. The second-order valence-electron chi connectivity index (χ2n) is 3.53. The zero-order valence-corrected chi connectivity index (χ0v) is 11.5. The van der Waals surface area contributed by atoms with Crippen molar-refractivity contribution in [2.24, 2.45) is 0 Å². The number of nitrogens with zero attached hydrogens (tertiary/aromatic N) is 4. The molecule has 0 saturated heterocycles. The van der Waals surface area contributed by atoms with Crippen LogP contribution in [0.1, 0.15) is 5.01 Å². The van der Waals surface area contributed by atoms with E-state index in [1.54, 1.807) is 23.1 Å². The Morgan fingerprint density at radius 2 is 2.24 bits per heavy atom. The summed E-state index contributed by atoms with van der Waals surface area (Å²) < 4.78 is 0. The molecule has 0 saturated carbocycles. The molecule has 2 rings (SSSR count). The van der Waals surface area contributed by atoms with Crippen LogP contribution in [0.4, 0.5) is 5.82 Å². The standard InChI is InChI=1S/C11H14N4S2/c1-15(7-5-10-12-6-8-17-10)9-3-4-11(16-2)14-13-9/h3-4,6,8H,5,7H2,1-2H3. The van der Waals surface area contributed by atoms with E-state index in [0.717, 1.165) is 28.8 Å². The van der Waals surface area contributed by atoms with Crippen molar-refractivity contribution >= 4 is 28.9 Å². The molecule has 0 aliphatic heterocycles. The lowest BCUT2D eigenvalue weighted by atomic mass is 10.4. The summed E-state index contributed by atoms with van der Waals surface area (Å²) in [6.45, 7) is 0.904. The molecule has 2 heterocycles. The number of anilines is 1. The summed E-state index contributed by atoms with van der Waals surface area (Å²) >= 11 is 3.29. The van der Waals surface area contributed by atoms with Gasteiger partial charge in [-0.05, 0) is 18.4 Å². The fraction of sp³-hybridized carbons (Fsp3) is 0.364. The highest BCUT2D eigenvalue weighted by atomic mass is 32.2. The third-order valence-corrected chi connectivity index (χ3v) is 3.85. The molecule has 6 heteroatoms. The maximum atomic E-state index is 4.26. The predicted octanol–water partition coefficient (Wildman–Crippen LogP) is 2.33. The van der Waals surface area contributed by atoms with Gasteiger partial charge in [-0.1, -0.05) is 0 Å². The van der Waals surface area contributed by atoms with Crippen LogP contribution in [0.15, 0.2) is 28.7 Å². The number of rotatable bonds is 5. The van der Waals surface area contributed by atoms with Crippen LogP contribution in [-0.4, -0.2) is 35.0 Å². The summed E-state index contributed by atoms with van der Waals surface area (Å²) in [6, 6.07) is 3.99. The van der Waals surface area contributed by atoms with E-state index in [-0.39, 0.29) is 0 Å². The quantitative estimate of drug-likeness (QED) is 0.777. The summed E-state index contributed by atoms with van der Waals surface area (Å²) in [5.41, 5.74) is 0. The first kappa shape index (κ1) is 12.3. The Morgan fingerprint density at radius 1 is 1.35 bits per heavy atom. The number of thioether (sulfide) groups is 1.